The van der Waals surface area contributed by atoms with E-state index < -0.39 is 16.0 Å². The van der Waals surface area contributed by atoms with Crippen LogP contribution in [0.4, 0.5) is 5.82 Å². The van der Waals surface area contributed by atoms with Gasteiger partial charge in [-0.3, -0.25) is 9.52 Å². The average Bonchev–Trinajstić information content (AvgIpc) is 2.94. The Bertz CT molecular complexity index is 1210. The molecule has 0 unspecified atom stereocenters. The van der Waals surface area contributed by atoms with E-state index in [-0.39, 0.29) is 27.8 Å². The number of nitrogens with one attached hydrogen (secondary N) is 1. The zero-order chi connectivity index (χ0) is 31.6. The Morgan fingerprint density at radius 2 is 1.33 bits per heavy atom. The minimum atomic E-state index is -3.81. The highest BCUT2D eigenvalue weighted by Crippen LogP contribution is 2.19. The van der Waals surface area contributed by atoms with Gasteiger partial charge < -0.3 is 9.84 Å². The predicted molar refractivity (Wildman–Crippen MR) is 172 cm³/mol. The van der Waals surface area contributed by atoms with Crippen LogP contribution in [0.5, 0.6) is 0 Å². The number of aromatic carboxylic acids is 1. The minimum Gasteiger partial charge on any atom is -0.478 e. The first-order chi connectivity index (χ1) is 20.5. The number of pyridine rings is 1. The number of nitrogens with zero attached hydrogens (tertiary/aromatic N) is 1. The zero-order valence-corrected chi connectivity index (χ0v) is 27.2. The van der Waals surface area contributed by atoms with Crippen LogP contribution >= 0.6 is 0 Å². The molecule has 0 radical (unpaired) electrons. The maximum Gasteiger partial charge on any atom is 0.337 e. The average molecular weight is 617 g/mol. The number of ether oxygens (including phenoxy) is 1. The predicted octanol–water partition coefficient (Wildman–Crippen LogP) is 8.71. The van der Waals surface area contributed by atoms with Crippen LogP contribution in [0.25, 0.3) is 0 Å². The summed E-state index contributed by atoms with van der Waals surface area (Å²) < 4.78 is 33.3. The van der Waals surface area contributed by atoms with Gasteiger partial charge in [-0.25, -0.2) is 18.2 Å². The number of hydrogen-bond acceptors (Lipinski definition) is 6. The van der Waals surface area contributed by atoms with Crippen LogP contribution in [-0.4, -0.2) is 36.0 Å². The summed E-state index contributed by atoms with van der Waals surface area (Å²) in [5, 5.41) is 8.97. The first kappa shape index (κ1) is 36.3. The van der Waals surface area contributed by atoms with Crippen molar-refractivity contribution < 1.29 is 27.9 Å². The second-order valence-electron chi connectivity index (χ2n) is 12.4. The summed E-state index contributed by atoms with van der Waals surface area (Å²) >= 11 is 0. The topological polar surface area (TPSA) is 123 Å². The van der Waals surface area contributed by atoms with Crippen molar-refractivity contribution in [3.63, 3.8) is 0 Å². The van der Waals surface area contributed by atoms with Crippen LogP contribution in [0.3, 0.4) is 0 Å². The number of hydrogen-bond donors (Lipinski definition) is 2. The van der Waals surface area contributed by atoms with Gasteiger partial charge in [0, 0.05) is 12.6 Å². The van der Waals surface area contributed by atoms with Crippen LogP contribution in [0.15, 0.2) is 47.5 Å². The van der Waals surface area contributed by atoms with E-state index in [2.05, 4.69) is 9.71 Å². The normalized spacial score (nSPS) is 11.8. The van der Waals surface area contributed by atoms with Crippen molar-refractivity contribution in [2.45, 2.75) is 140 Å². The number of anilines is 1. The fraction of sp³-hybridized carbons (Fsp3) is 0.618. The Balaban J connectivity index is 1.46. The van der Waals surface area contributed by atoms with Crippen molar-refractivity contribution in [2.24, 2.45) is 0 Å². The molecule has 0 aliphatic heterocycles. The summed E-state index contributed by atoms with van der Waals surface area (Å²) in [4.78, 5) is 26.7. The fourth-order valence-corrected chi connectivity index (χ4v) is 6.01. The maximum absolute atomic E-state index is 12.8. The molecule has 1 heterocycles. The number of carboxylic acid groups (broad SMARTS) is 1. The van der Waals surface area contributed by atoms with Crippen molar-refractivity contribution in [1.82, 2.24) is 4.98 Å². The molecule has 0 fully saturated rings. The monoisotopic (exact) mass is 616 g/mol. The van der Waals surface area contributed by atoms with Gasteiger partial charge in [-0.1, -0.05) is 95.6 Å². The molecular weight excluding hydrogens is 564 g/mol. The summed E-state index contributed by atoms with van der Waals surface area (Å²) in [6.07, 6.45) is 20.7. The number of carbonyl (C=O) groups is 2. The number of aryl methyl sites for hydroxylation is 1. The Kier molecular flexibility index (Phi) is 16.3. The van der Waals surface area contributed by atoms with E-state index in [1.807, 2.05) is 26.8 Å². The summed E-state index contributed by atoms with van der Waals surface area (Å²) in [5.74, 6) is -1.12. The second kappa shape index (κ2) is 19.4. The molecule has 0 spiro atoms. The van der Waals surface area contributed by atoms with Gasteiger partial charge in [-0.15, -0.1) is 0 Å². The van der Waals surface area contributed by atoms with E-state index in [9.17, 15) is 18.0 Å². The molecule has 2 N–H and O–H groups in total. The number of sulfonamides is 1. The summed E-state index contributed by atoms with van der Waals surface area (Å²) in [5.41, 5.74) is 0.594. The van der Waals surface area contributed by atoms with Gasteiger partial charge in [-0.05, 0) is 69.9 Å². The third-order valence-electron chi connectivity index (χ3n) is 7.22. The number of rotatable bonds is 22. The third-order valence-corrected chi connectivity index (χ3v) is 8.58. The lowest BCUT2D eigenvalue weighted by atomic mass is 10.0. The molecule has 8 nitrogen and oxygen atoms in total. The molecule has 0 aliphatic carbocycles. The van der Waals surface area contributed by atoms with Gasteiger partial charge >= 0.3 is 11.9 Å². The molecule has 2 aromatic rings. The molecule has 0 amide bonds. The number of esters is 1. The van der Waals surface area contributed by atoms with Gasteiger partial charge in [0.05, 0.1) is 10.5 Å². The van der Waals surface area contributed by atoms with E-state index >= 15 is 0 Å². The molecule has 0 saturated heterocycles. The van der Waals surface area contributed by atoms with Gasteiger partial charge in [0.15, 0.2) is 0 Å². The number of carbonyl (C=O) groups excluding carboxylic acids is 1. The van der Waals surface area contributed by atoms with Gasteiger partial charge in [0.1, 0.15) is 11.4 Å². The minimum absolute atomic E-state index is 0.00583. The Morgan fingerprint density at radius 3 is 1.81 bits per heavy atom. The smallest absolute Gasteiger partial charge is 0.337 e. The molecule has 0 bridgehead atoms. The Hall–Kier alpha value is -2.94. The molecule has 43 heavy (non-hydrogen) atoms. The Labute approximate surface area is 259 Å². The lowest BCUT2D eigenvalue weighted by molar-refractivity contribution is -0.154. The highest BCUT2D eigenvalue weighted by atomic mass is 32.2. The van der Waals surface area contributed by atoms with Crippen molar-refractivity contribution in [3.8, 4) is 0 Å². The number of carboxylic acids is 1. The van der Waals surface area contributed by atoms with Crippen molar-refractivity contribution in [3.05, 3.63) is 53.7 Å². The van der Waals surface area contributed by atoms with Gasteiger partial charge in [0.2, 0.25) is 0 Å². The fourth-order valence-electron chi connectivity index (χ4n) is 4.93. The van der Waals surface area contributed by atoms with Crippen LogP contribution in [0, 0.1) is 0 Å². The highest BCUT2D eigenvalue weighted by Gasteiger charge is 2.16. The highest BCUT2D eigenvalue weighted by molar-refractivity contribution is 7.92. The molecule has 0 aliphatic rings. The maximum atomic E-state index is 12.8. The summed E-state index contributed by atoms with van der Waals surface area (Å²) in [7, 11) is -3.81. The van der Waals surface area contributed by atoms with Crippen molar-refractivity contribution >= 4 is 27.8 Å². The van der Waals surface area contributed by atoms with E-state index in [4.69, 9.17) is 9.84 Å². The number of aromatic nitrogens is 1. The van der Waals surface area contributed by atoms with Crippen LogP contribution in [-0.2, 0) is 26.0 Å². The van der Waals surface area contributed by atoms with E-state index in [0.29, 0.717) is 6.42 Å². The first-order valence-electron chi connectivity index (χ1n) is 16.0. The van der Waals surface area contributed by atoms with Crippen LogP contribution < -0.4 is 4.72 Å². The first-order valence-corrected chi connectivity index (χ1v) is 17.5. The summed E-state index contributed by atoms with van der Waals surface area (Å²) in [6, 6.07) is 9.60. The zero-order valence-electron chi connectivity index (χ0n) is 26.4. The third kappa shape index (κ3) is 16.5. The lowest BCUT2D eigenvalue weighted by Gasteiger charge is -2.19. The Morgan fingerprint density at radius 1 is 0.791 bits per heavy atom. The van der Waals surface area contributed by atoms with Gasteiger partial charge in [-0.2, -0.15) is 0 Å². The quantitative estimate of drug-likeness (QED) is 0.100. The molecule has 1 aromatic carbocycles. The molecule has 1 aromatic heterocycles. The van der Waals surface area contributed by atoms with E-state index in [0.717, 1.165) is 43.9 Å². The molecular formula is C34H52N2O6S. The molecule has 0 saturated carbocycles. The van der Waals surface area contributed by atoms with Crippen LogP contribution in [0.2, 0.25) is 0 Å². The van der Waals surface area contributed by atoms with E-state index in [1.165, 1.54) is 82.8 Å². The van der Waals surface area contributed by atoms with Crippen molar-refractivity contribution in [2.75, 3.05) is 4.72 Å². The molecule has 2 rings (SSSR count). The molecule has 0 atom stereocenters. The van der Waals surface area contributed by atoms with Crippen LogP contribution in [0.1, 0.15) is 139 Å². The summed E-state index contributed by atoms with van der Waals surface area (Å²) in [6.45, 7) is 5.72. The number of unbranched alkanes of at least 4 members (excludes halogenated alkanes) is 14. The standard InChI is InChI=1S/C34H52N2O6S/c1-34(2,3)42-32(37)23-18-16-14-12-10-8-6-4-5-7-9-11-13-15-17-20-28-21-19-22-30(26-28)43(40,41)36-31-25-24-29(27-35-31)33(38)39/h19,21-22,24-27H,4-18,20,23H2,1-3H3,(H,35,36)(H,38,39). The van der Waals surface area contributed by atoms with Gasteiger partial charge in [0.25, 0.3) is 10.0 Å². The largest absolute Gasteiger partial charge is 0.478 e. The van der Waals surface area contributed by atoms with E-state index in [1.54, 1.807) is 18.2 Å². The lowest BCUT2D eigenvalue weighted by Crippen LogP contribution is -2.23. The molecule has 9 heteroatoms. The van der Waals surface area contributed by atoms with Crippen molar-refractivity contribution in [1.29, 1.82) is 0 Å². The molecule has 240 valence electrons. The second-order valence-corrected chi connectivity index (χ2v) is 14.1. The number of benzene rings is 1. The SMILES string of the molecule is CC(C)(C)OC(=O)CCCCCCCCCCCCCCCCCc1cccc(S(=O)(=O)Nc2ccc(C(=O)O)cn2)c1.